The zero-order valence-electron chi connectivity index (χ0n) is 23.4. The summed E-state index contributed by atoms with van der Waals surface area (Å²) < 4.78 is 15.9. The molecule has 42 heavy (non-hydrogen) atoms. The topological polar surface area (TPSA) is 57.8 Å². The predicted octanol–water partition coefficient (Wildman–Crippen LogP) is 8.89. The molecule has 0 bridgehead atoms. The molecule has 208 valence electrons. The molecule has 6 nitrogen and oxygen atoms in total. The average molecular weight is 575 g/mol. The van der Waals surface area contributed by atoms with Crippen LogP contribution in [0.2, 0.25) is 5.02 Å². The van der Waals surface area contributed by atoms with Gasteiger partial charge >= 0.3 is 0 Å². The molecule has 0 radical (unpaired) electrons. The van der Waals surface area contributed by atoms with Crippen molar-refractivity contribution in [2.75, 3.05) is 10.2 Å². The van der Waals surface area contributed by atoms with Gasteiger partial charge in [-0.1, -0.05) is 80.0 Å². The van der Waals surface area contributed by atoms with Gasteiger partial charge in [-0.05, 0) is 66.4 Å². The predicted molar refractivity (Wildman–Crippen MR) is 169 cm³/mol. The number of fused-ring (bicyclic) bond motifs is 4. The maximum Gasteiger partial charge on any atom is 0.179 e. The van der Waals surface area contributed by atoms with Crippen LogP contribution in [0.15, 0.2) is 107 Å². The first-order valence-electron chi connectivity index (χ1n) is 13.9. The van der Waals surface area contributed by atoms with Crippen LogP contribution in [0.3, 0.4) is 0 Å². The molecule has 0 aliphatic carbocycles. The highest BCUT2D eigenvalue weighted by molar-refractivity contribution is 6.51. The second-order valence-electron chi connectivity index (χ2n) is 10.8. The van der Waals surface area contributed by atoms with Crippen molar-refractivity contribution >= 4 is 46.2 Å². The molecule has 1 aromatic heterocycles. The molecule has 2 aliphatic heterocycles. The minimum absolute atomic E-state index is 0.0300. The highest BCUT2D eigenvalue weighted by Gasteiger charge is 2.41. The van der Waals surface area contributed by atoms with Crippen LogP contribution < -0.4 is 10.2 Å². The molecule has 1 unspecified atom stereocenters. The third-order valence-electron chi connectivity index (χ3n) is 7.74. The third kappa shape index (κ3) is 4.37. The molecule has 1 atom stereocenters. The van der Waals surface area contributed by atoms with E-state index < -0.39 is 5.82 Å². The number of hydrogen-bond acceptors (Lipinski definition) is 5. The van der Waals surface area contributed by atoms with E-state index in [1.807, 2.05) is 60.1 Å². The highest BCUT2D eigenvalue weighted by Crippen LogP contribution is 2.48. The Balaban J connectivity index is 1.47. The molecule has 1 N–H and O–H groups in total. The van der Waals surface area contributed by atoms with Crippen molar-refractivity contribution in [1.29, 1.82) is 0 Å². The number of anilines is 2. The Bertz CT molecular complexity index is 1870. The molecule has 3 heterocycles. The zero-order valence-corrected chi connectivity index (χ0v) is 24.1. The fourth-order valence-electron chi connectivity index (χ4n) is 5.64. The Morgan fingerprint density at radius 1 is 0.881 bits per heavy atom. The van der Waals surface area contributed by atoms with E-state index in [0.717, 1.165) is 39.7 Å². The van der Waals surface area contributed by atoms with Gasteiger partial charge in [-0.15, -0.1) is 0 Å². The van der Waals surface area contributed by atoms with E-state index in [0.29, 0.717) is 23.3 Å². The number of rotatable bonds is 4. The molecule has 2 aliphatic rings. The van der Waals surface area contributed by atoms with Gasteiger partial charge < -0.3 is 10.2 Å². The number of halogens is 2. The number of nitrogens with one attached hydrogen (secondary N) is 1. The summed E-state index contributed by atoms with van der Waals surface area (Å²) in [5, 5.41) is 8.40. The fourth-order valence-corrected chi connectivity index (χ4v) is 5.82. The molecule has 0 fully saturated rings. The van der Waals surface area contributed by atoms with Crippen LogP contribution in [0.1, 0.15) is 48.2 Å². The zero-order chi connectivity index (χ0) is 29.0. The van der Waals surface area contributed by atoms with Crippen molar-refractivity contribution < 1.29 is 4.39 Å². The Morgan fingerprint density at radius 3 is 2.36 bits per heavy atom. The molecule has 0 saturated heterocycles. The molecule has 0 spiro atoms. The van der Waals surface area contributed by atoms with Crippen LogP contribution in [0, 0.1) is 12.7 Å². The lowest BCUT2D eigenvalue weighted by Crippen LogP contribution is -2.46. The highest BCUT2D eigenvalue weighted by atomic mass is 35.5. The van der Waals surface area contributed by atoms with E-state index in [1.165, 1.54) is 11.6 Å². The molecule has 0 amide bonds. The van der Waals surface area contributed by atoms with Gasteiger partial charge in [0.25, 0.3) is 0 Å². The van der Waals surface area contributed by atoms with E-state index >= 15 is 0 Å². The van der Waals surface area contributed by atoms with Gasteiger partial charge in [0.2, 0.25) is 0 Å². The molecule has 4 aromatic carbocycles. The van der Waals surface area contributed by atoms with Crippen LogP contribution in [0.25, 0.3) is 5.69 Å². The summed E-state index contributed by atoms with van der Waals surface area (Å²) in [5.74, 6) is 1.85. The SMILES string of the molecule is Cc1nn(-c2ccccc2)c2c1C(c1ccc(C(C)C)cc1)N1C(=N2)C(Nc2ccc(F)c(Cl)c2)=Nc2ccccc21. The van der Waals surface area contributed by atoms with Crippen LogP contribution >= 0.6 is 11.6 Å². The van der Waals surface area contributed by atoms with Gasteiger partial charge in [0.05, 0.1) is 33.8 Å². The van der Waals surface area contributed by atoms with Crippen molar-refractivity contribution in [3.05, 3.63) is 130 Å². The first-order chi connectivity index (χ1) is 20.4. The maximum absolute atomic E-state index is 14.0. The minimum Gasteiger partial charge on any atom is -0.337 e. The number of hydrogen-bond donors (Lipinski definition) is 1. The van der Waals surface area contributed by atoms with Crippen LogP contribution in [-0.4, -0.2) is 21.5 Å². The van der Waals surface area contributed by atoms with Crippen LogP contribution in [0.5, 0.6) is 0 Å². The first kappa shape index (κ1) is 26.2. The normalized spacial score (nSPS) is 15.5. The van der Waals surface area contributed by atoms with Gasteiger partial charge in [-0.2, -0.15) is 5.10 Å². The lowest BCUT2D eigenvalue weighted by atomic mass is 9.91. The minimum atomic E-state index is -0.480. The van der Waals surface area contributed by atoms with Gasteiger partial charge in [0.15, 0.2) is 17.5 Å². The van der Waals surface area contributed by atoms with Gasteiger partial charge in [-0.3, -0.25) is 0 Å². The molecular formula is C34H28ClFN6. The Labute approximate surface area is 248 Å². The second-order valence-corrected chi connectivity index (χ2v) is 11.2. The smallest absolute Gasteiger partial charge is 0.179 e. The second kappa shape index (κ2) is 10.3. The van der Waals surface area contributed by atoms with Crippen molar-refractivity contribution in [2.45, 2.75) is 32.7 Å². The average Bonchev–Trinajstić information content (AvgIpc) is 3.34. The van der Waals surface area contributed by atoms with Gasteiger partial charge in [0, 0.05) is 11.3 Å². The summed E-state index contributed by atoms with van der Waals surface area (Å²) in [6.07, 6.45) is 0. The first-order valence-corrected chi connectivity index (χ1v) is 14.3. The van der Waals surface area contributed by atoms with Crippen molar-refractivity contribution in [2.24, 2.45) is 9.98 Å². The maximum atomic E-state index is 14.0. The number of nitrogens with zero attached hydrogens (tertiary/aromatic N) is 5. The summed E-state index contributed by atoms with van der Waals surface area (Å²) in [5.41, 5.74) is 7.58. The van der Waals surface area contributed by atoms with Crippen molar-refractivity contribution in [1.82, 2.24) is 9.78 Å². The van der Waals surface area contributed by atoms with Gasteiger partial charge in [-0.25, -0.2) is 19.1 Å². The number of benzene rings is 4. The third-order valence-corrected chi connectivity index (χ3v) is 8.03. The molecule has 8 heteroatoms. The van der Waals surface area contributed by atoms with Crippen molar-refractivity contribution in [3.63, 3.8) is 0 Å². The summed E-state index contributed by atoms with van der Waals surface area (Å²) in [4.78, 5) is 12.5. The summed E-state index contributed by atoms with van der Waals surface area (Å²) in [6.45, 7) is 6.44. The Kier molecular flexibility index (Phi) is 6.39. The van der Waals surface area contributed by atoms with E-state index in [2.05, 4.69) is 54.4 Å². The Morgan fingerprint density at radius 2 is 1.62 bits per heavy atom. The van der Waals surface area contributed by atoms with Crippen LogP contribution in [-0.2, 0) is 0 Å². The monoisotopic (exact) mass is 574 g/mol. The molecule has 5 aromatic rings. The molecule has 0 saturated carbocycles. The number of aromatic nitrogens is 2. The summed E-state index contributed by atoms with van der Waals surface area (Å²) in [7, 11) is 0. The quantitative estimate of drug-likeness (QED) is 0.233. The standard InChI is InChI=1S/C34H28ClFN6/c1-20(2)22-13-15-23(16-14-22)31-30-21(3)40-42(25-9-5-4-6-10-25)33(30)39-34-32(37-24-17-18-27(36)26(35)19-24)38-28-11-7-8-12-29(28)41(31)34/h4-20,31H,1-3H3,(H,37,38). The Hall–Kier alpha value is -4.75. The van der Waals surface area contributed by atoms with E-state index in [4.69, 9.17) is 26.7 Å². The fraction of sp³-hybridized carbons (Fsp3) is 0.147. The summed E-state index contributed by atoms with van der Waals surface area (Å²) in [6, 6.07) is 31.2. The number of para-hydroxylation sites is 3. The lowest BCUT2D eigenvalue weighted by Gasteiger charge is -2.40. The molecule has 7 rings (SSSR count). The number of aryl methyl sites for hydroxylation is 1. The van der Waals surface area contributed by atoms with Crippen molar-refractivity contribution in [3.8, 4) is 5.69 Å². The number of aliphatic imine (C=N–C) groups is 2. The summed E-state index contributed by atoms with van der Waals surface area (Å²) >= 11 is 6.14. The lowest BCUT2D eigenvalue weighted by molar-refractivity contribution is 0.628. The number of amidine groups is 2. The largest absolute Gasteiger partial charge is 0.337 e. The van der Waals surface area contributed by atoms with Crippen LogP contribution in [0.4, 0.5) is 27.3 Å². The van der Waals surface area contributed by atoms with E-state index in [-0.39, 0.29) is 11.1 Å². The molecular weight excluding hydrogens is 547 g/mol. The van der Waals surface area contributed by atoms with E-state index in [1.54, 1.807) is 12.1 Å². The van der Waals surface area contributed by atoms with Gasteiger partial charge in [0.1, 0.15) is 5.82 Å². The van der Waals surface area contributed by atoms with E-state index in [9.17, 15) is 4.39 Å².